The van der Waals surface area contributed by atoms with Gasteiger partial charge in [-0.15, -0.1) is 11.8 Å². The number of alkyl halides is 3. The Labute approximate surface area is 255 Å². The SMILES string of the molecule is CCOP(=O)(CS(=O)c1ccc(C)cc1)OCC.CCOP(=O)(CSc1ccc(C)cc1)OCC.ClC(Cl)Cl. The van der Waals surface area contributed by atoms with E-state index in [0.29, 0.717) is 23.6 Å². The van der Waals surface area contributed by atoms with Crippen LogP contribution in [0.15, 0.2) is 58.3 Å². The van der Waals surface area contributed by atoms with Crippen LogP contribution in [0.4, 0.5) is 0 Å². The second kappa shape index (κ2) is 21.8. The van der Waals surface area contributed by atoms with Gasteiger partial charge in [-0.25, -0.2) is 0 Å². The van der Waals surface area contributed by atoms with E-state index in [9.17, 15) is 13.3 Å². The second-order valence-corrected chi connectivity index (χ2v) is 17.0. The van der Waals surface area contributed by atoms with E-state index in [0.717, 1.165) is 10.5 Å². The molecule has 0 aliphatic heterocycles. The van der Waals surface area contributed by atoms with Gasteiger partial charge in [-0.3, -0.25) is 13.3 Å². The minimum atomic E-state index is -3.25. The van der Waals surface area contributed by atoms with Gasteiger partial charge in [-0.2, -0.15) is 0 Å². The molecule has 2 aromatic rings. The van der Waals surface area contributed by atoms with Crippen LogP contribution in [-0.2, 0) is 38.0 Å². The highest BCUT2D eigenvalue weighted by atomic mass is 35.6. The standard InChI is InChI=1S/C12H19O4PS.C12H19O3PS.CHCl3/c1-4-15-17(13,16-5-2)10-18(14)12-8-6-11(3)7-9-12;1-4-14-16(13,15-5-2)10-17-12-8-6-11(3)7-9-12;2-1(3)4/h6-9H,4-5,10H2,1-3H3;6-9H,4-5,10H2,1-3H3;1H. The Bertz CT molecular complexity index is 1020. The molecule has 0 saturated carbocycles. The van der Waals surface area contributed by atoms with Gasteiger partial charge in [-0.05, 0) is 65.8 Å². The van der Waals surface area contributed by atoms with Gasteiger partial charge in [0.15, 0.2) is 4.30 Å². The minimum absolute atomic E-state index is 0.0995. The maximum absolute atomic E-state index is 12.2. The van der Waals surface area contributed by atoms with E-state index in [-0.39, 0.29) is 18.7 Å². The van der Waals surface area contributed by atoms with Gasteiger partial charge >= 0.3 is 15.2 Å². The molecule has 224 valence electrons. The van der Waals surface area contributed by atoms with E-state index >= 15 is 0 Å². The van der Waals surface area contributed by atoms with Crippen molar-refractivity contribution >= 4 is 72.6 Å². The third-order valence-corrected chi connectivity index (χ3v) is 12.3. The summed E-state index contributed by atoms with van der Waals surface area (Å²) in [6, 6.07) is 15.4. The van der Waals surface area contributed by atoms with Crippen LogP contribution >= 0.6 is 61.8 Å². The summed E-state index contributed by atoms with van der Waals surface area (Å²) in [5, 5.41) is 0. The average molecular weight is 684 g/mol. The summed E-state index contributed by atoms with van der Waals surface area (Å²) < 4.78 is 56.5. The van der Waals surface area contributed by atoms with E-state index in [1.54, 1.807) is 26.0 Å². The molecule has 0 aromatic heterocycles. The van der Waals surface area contributed by atoms with Gasteiger partial charge in [0.1, 0.15) is 11.0 Å². The van der Waals surface area contributed by atoms with Crippen molar-refractivity contribution in [3.63, 3.8) is 0 Å². The predicted octanol–water partition coefficient (Wildman–Crippen LogP) is 9.62. The molecule has 1 atom stereocenters. The molecule has 0 bridgehead atoms. The number of halogens is 3. The Hall–Kier alpha value is 0.110. The van der Waals surface area contributed by atoms with Crippen molar-refractivity contribution in [1.29, 1.82) is 0 Å². The summed E-state index contributed by atoms with van der Waals surface area (Å²) in [6.07, 6.45) is 0. The Morgan fingerprint density at radius 1 is 0.718 bits per heavy atom. The third kappa shape index (κ3) is 19.0. The van der Waals surface area contributed by atoms with Crippen molar-refractivity contribution in [2.24, 2.45) is 0 Å². The molecule has 0 radical (unpaired) electrons. The zero-order chi connectivity index (χ0) is 29.9. The monoisotopic (exact) mass is 682 g/mol. The number of thioether (sulfide) groups is 1. The number of aryl methyl sites for hydroxylation is 2. The van der Waals surface area contributed by atoms with Gasteiger partial charge in [0.25, 0.3) is 0 Å². The first-order chi connectivity index (χ1) is 18.3. The van der Waals surface area contributed by atoms with Crippen LogP contribution in [0.2, 0.25) is 0 Å². The molecule has 0 fully saturated rings. The zero-order valence-corrected chi connectivity index (χ0v) is 28.8. The van der Waals surface area contributed by atoms with Crippen LogP contribution < -0.4 is 0 Å². The smallest absolute Gasteiger partial charge is 0.308 e. The summed E-state index contributed by atoms with van der Waals surface area (Å²) in [5.74, 6) is 0. The van der Waals surface area contributed by atoms with E-state index in [2.05, 4.69) is 0 Å². The summed E-state index contributed by atoms with van der Waals surface area (Å²) in [6.45, 7) is 12.5. The molecule has 0 aliphatic carbocycles. The third-order valence-electron chi connectivity index (χ3n) is 4.27. The molecule has 0 N–H and O–H groups in total. The Kier molecular flexibility index (Phi) is 21.8. The minimum Gasteiger partial charge on any atom is -0.308 e. The number of rotatable bonds is 14. The van der Waals surface area contributed by atoms with Gasteiger partial charge in [0.2, 0.25) is 0 Å². The average Bonchev–Trinajstić information content (AvgIpc) is 2.85. The van der Waals surface area contributed by atoms with Crippen molar-refractivity contribution in [2.75, 3.05) is 37.4 Å². The highest BCUT2D eigenvalue weighted by Crippen LogP contribution is 2.52. The first kappa shape index (κ1) is 39.1. The van der Waals surface area contributed by atoms with Crippen molar-refractivity contribution in [3.05, 3.63) is 59.7 Å². The quantitative estimate of drug-likeness (QED) is 0.111. The molecule has 1 unspecified atom stereocenters. The fourth-order valence-electron chi connectivity index (χ4n) is 2.71. The predicted molar refractivity (Wildman–Crippen MR) is 167 cm³/mol. The summed E-state index contributed by atoms with van der Waals surface area (Å²) in [4.78, 5) is 1.72. The van der Waals surface area contributed by atoms with Crippen LogP contribution in [0.25, 0.3) is 0 Å². The zero-order valence-electron chi connectivity index (χ0n) is 23.1. The van der Waals surface area contributed by atoms with Gasteiger partial charge < -0.3 is 18.1 Å². The lowest BCUT2D eigenvalue weighted by molar-refractivity contribution is 0.223. The summed E-state index contributed by atoms with van der Waals surface area (Å²) in [5.41, 5.74) is 2.57. The van der Waals surface area contributed by atoms with Crippen molar-refractivity contribution < 1.29 is 31.4 Å². The summed E-state index contributed by atoms with van der Waals surface area (Å²) in [7, 11) is -7.56. The number of hydrogen-bond donors (Lipinski definition) is 0. The summed E-state index contributed by atoms with van der Waals surface area (Å²) >= 11 is 15.9. The van der Waals surface area contributed by atoms with Gasteiger partial charge in [-0.1, -0.05) is 70.2 Å². The van der Waals surface area contributed by atoms with Crippen molar-refractivity contribution in [1.82, 2.24) is 0 Å². The molecule has 2 aromatic carbocycles. The van der Waals surface area contributed by atoms with Crippen LogP contribution in [0.3, 0.4) is 0 Å². The molecule has 0 aliphatic rings. The molecule has 2 rings (SSSR count). The fourth-order valence-corrected chi connectivity index (χ4v) is 9.36. The number of benzene rings is 2. The highest BCUT2D eigenvalue weighted by molar-refractivity contribution is 8.04. The molecule has 39 heavy (non-hydrogen) atoms. The molecule has 0 heterocycles. The maximum atomic E-state index is 12.2. The van der Waals surface area contributed by atoms with Crippen LogP contribution in [0, 0.1) is 13.8 Å². The Balaban J connectivity index is 0.000000652. The first-order valence-electron chi connectivity index (χ1n) is 12.2. The van der Waals surface area contributed by atoms with E-state index < -0.39 is 30.3 Å². The Morgan fingerprint density at radius 3 is 1.46 bits per heavy atom. The largest absolute Gasteiger partial charge is 0.343 e. The molecule has 7 nitrogen and oxygen atoms in total. The van der Waals surface area contributed by atoms with E-state index in [1.165, 1.54) is 17.3 Å². The molecular weight excluding hydrogens is 645 g/mol. The normalized spacial score (nSPS) is 12.3. The highest BCUT2D eigenvalue weighted by Gasteiger charge is 2.27. The van der Waals surface area contributed by atoms with E-state index in [4.69, 9.17) is 52.9 Å². The molecule has 0 saturated heterocycles. The van der Waals surface area contributed by atoms with Crippen LogP contribution in [0.5, 0.6) is 0 Å². The van der Waals surface area contributed by atoms with Gasteiger partial charge in [0, 0.05) is 9.79 Å². The van der Waals surface area contributed by atoms with Crippen molar-refractivity contribution in [2.45, 2.75) is 55.6 Å². The molecule has 14 heteroatoms. The first-order valence-corrected chi connectivity index (χ1v) is 19.2. The Morgan fingerprint density at radius 2 is 1.08 bits per heavy atom. The lowest BCUT2D eigenvalue weighted by Gasteiger charge is -2.16. The van der Waals surface area contributed by atoms with Gasteiger partial charge in [0.05, 0.1) is 37.2 Å². The maximum Gasteiger partial charge on any atom is 0.343 e. The molecular formula is C25H39Cl3O7P2S2. The lowest BCUT2D eigenvalue weighted by Crippen LogP contribution is -2.05. The fraction of sp³-hybridized carbons (Fsp3) is 0.520. The second-order valence-electron chi connectivity index (χ2n) is 7.51. The van der Waals surface area contributed by atoms with Crippen LogP contribution in [0.1, 0.15) is 38.8 Å². The topological polar surface area (TPSA) is 88.1 Å². The van der Waals surface area contributed by atoms with Crippen LogP contribution in [-0.4, -0.2) is 45.9 Å². The number of hydrogen-bond acceptors (Lipinski definition) is 8. The van der Waals surface area contributed by atoms with Crippen molar-refractivity contribution in [3.8, 4) is 0 Å². The van der Waals surface area contributed by atoms with E-state index in [1.807, 2.05) is 64.1 Å². The lowest BCUT2D eigenvalue weighted by atomic mass is 10.2. The molecule has 0 spiro atoms. The molecule has 0 amide bonds.